The Bertz CT molecular complexity index is 688. The van der Waals surface area contributed by atoms with Gasteiger partial charge in [0.2, 0.25) is 10.7 Å². The molecule has 0 aliphatic carbocycles. The van der Waals surface area contributed by atoms with E-state index in [1.165, 1.54) is 0 Å². The summed E-state index contributed by atoms with van der Waals surface area (Å²) in [6, 6.07) is 3.74. The molecule has 0 heterocycles. The van der Waals surface area contributed by atoms with Gasteiger partial charge in [0.1, 0.15) is 0 Å². The zero-order valence-electron chi connectivity index (χ0n) is 10.7. The Hall–Kier alpha value is -2.24. The van der Waals surface area contributed by atoms with Crippen LogP contribution < -0.4 is 0 Å². The van der Waals surface area contributed by atoms with Crippen LogP contribution in [0, 0.1) is 0 Å². The Morgan fingerprint density at radius 3 is 1.91 bits per heavy atom. The lowest BCUT2D eigenvalue weighted by molar-refractivity contribution is -0.246. The van der Waals surface area contributed by atoms with Crippen LogP contribution in [0.5, 0.6) is 0 Å². The van der Waals surface area contributed by atoms with Crippen LogP contribution in [0.4, 0.5) is 22.0 Å². The number of carbonyl (C=O) groups is 2. The van der Waals surface area contributed by atoms with Crippen molar-refractivity contribution in [3.05, 3.63) is 35.4 Å². The molecule has 0 aromatic heterocycles. The molecule has 0 radical (unpaired) electrons. The van der Waals surface area contributed by atoms with Gasteiger partial charge in [0.15, 0.2) is 0 Å². The Morgan fingerprint density at radius 1 is 1.04 bits per heavy atom. The van der Waals surface area contributed by atoms with Gasteiger partial charge in [0.05, 0.1) is 11.1 Å². The molecule has 0 bridgehead atoms. The monoisotopic (exact) mass is 362 g/mol. The van der Waals surface area contributed by atoms with Crippen molar-refractivity contribution in [1.82, 2.24) is 0 Å². The molecule has 0 saturated heterocycles. The van der Waals surface area contributed by atoms with Crippen molar-refractivity contribution in [1.29, 1.82) is 0 Å². The van der Waals surface area contributed by atoms with E-state index < -0.39 is 51.3 Å². The molecule has 1 aromatic rings. The molecule has 0 aliphatic heterocycles. The summed E-state index contributed by atoms with van der Waals surface area (Å²) in [5.74, 6) is -3.77. The van der Waals surface area contributed by atoms with Gasteiger partial charge >= 0.3 is 23.4 Å². The van der Waals surface area contributed by atoms with Crippen molar-refractivity contribution in [3.8, 4) is 0 Å². The van der Waals surface area contributed by atoms with Gasteiger partial charge in [0.25, 0.3) is 6.10 Å². The first-order valence-corrected chi connectivity index (χ1v) is 6.69. The van der Waals surface area contributed by atoms with Crippen LogP contribution in [0.2, 0.25) is 0 Å². The maximum Gasteiger partial charge on any atom is 0.432 e. The van der Waals surface area contributed by atoms with Crippen molar-refractivity contribution in [2.24, 2.45) is 0 Å². The second-order valence-corrected chi connectivity index (χ2v) is 5.13. The van der Waals surface area contributed by atoms with E-state index in [1.807, 2.05) is 0 Å². The highest BCUT2D eigenvalue weighted by Crippen LogP contribution is 2.36. The predicted molar refractivity (Wildman–Crippen MR) is 63.9 cm³/mol. The van der Waals surface area contributed by atoms with Crippen molar-refractivity contribution in [2.75, 3.05) is 0 Å². The van der Waals surface area contributed by atoms with Crippen LogP contribution in [-0.4, -0.2) is 43.0 Å². The molecule has 0 amide bonds. The molecular formula is C11H7F5O6S. The molecule has 1 aromatic carbocycles. The number of alkyl halides is 5. The average Bonchev–Trinajstić information content (AvgIpc) is 2.42. The van der Waals surface area contributed by atoms with E-state index in [0.717, 1.165) is 24.3 Å². The van der Waals surface area contributed by atoms with Crippen molar-refractivity contribution in [3.63, 3.8) is 0 Å². The minimum Gasteiger partial charge on any atom is -0.478 e. The lowest BCUT2D eigenvalue weighted by atomic mass is 10.1. The van der Waals surface area contributed by atoms with Gasteiger partial charge in [-0.25, -0.2) is 18.0 Å². The third kappa shape index (κ3) is 4.15. The fourth-order valence-electron chi connectivity index (χ4n) is 1.45. The van der Waals surface area contributed by atoms with E-state index in [2.05, 4.69) is 4.74 Å². The summed E-state index contributed by atoms with van der Waals surface area (Å²) in [4.78, 5) is 22.4. The number of carbonyl (C=O) groups excluding carboxylic acids is 1. The maximum atomic E-state index is 13.1. The van der Waals surface area contributed by atoms with E-state index >= 15 is 0 Å². The number of hydrogen-bond donors (Lipinski definition) is 2. The summed E-state index contributed by atoms with van der Waals surface area (Å²) in [7, 11) is -4.91. The molecule has 0 saturated carbocycles. The summed E-state index contributed by atoms with van der Waals surface area (Å²) in [5, 5.41) is 3.37. The van der Waals surface area contributed by atoms with Crippen LogP contribution in [0.25, 0.3) is 0 Å². The van der Waals surface area contributed by atoms with E-state index in [9.17, 15) is 40.0 Å². The standard InChI is InChI=1S/C11H7F5O6S/c12-10(13,14)9(11(15,16)23(20)21)22-8(19)6-4-2-1-3-5(6)7(17)18/h1-4,9,23H,(H,17,18). The van der Waals surface area contributed by atoms with Crippen LogP contribution in [0.3, 0.4) is 0 Å². The number of hydrogen-bond acceptors (Lipinski definition) is 5. The number of esters is 1. The molecule has 1 unspecified atom stereocenters. The first kappa shape index (κ1) is 18.8. The van der Waals surface area contributed by atoms with Gasteiger partial charge < -0.3 is 9.84 Å². The van der Waals surface area contributed by atoms with Crippen LogP contribution >= 0.6 is 0 Å². The Morgan fingerprint density at radius 2 is 1.52 bits per heavy atom. The quantitative estimate of drug-likeness (QED) is 0.470. The molecule has 1 rings (SSSR count). The van der Waals surface area contributed by atoms with E-state index in [4.69, 9.17) is 5.11 Å². The fraction of sp³-hybridized carbons (Fsp3) is 0.273. The summed E-state index contributed by atoms with van der Waals surface area (Å²) in [5.41, 5.74) is -1.74. The Balaban J connectivity index is 3.26. The topological polar surface area (TPSA) is 97.7 Å². The number of carboxylic acids is 1. The molecule has 12 heteroatoms. The van der Waals surface area contributed by atoms with Gasteiger partial charge in [-0.2, -0.15) is 22.0 Å². The highest BCUT2D eigenvalue weighted by molar-refractivity contribution is 7.73. The summed E-state index contributed by atoms with van der Waals surface area (Å²) < 4.78 is 88.1. The normalized spacial score (nSPS) is 13.7. The van der Waals surface area contributed by atoms with Crippen LogP contribution in [0.1, 0.15) is 20.7 Å². The molecule has 0 spiro atoms. The van der Waals surface area contributed by atoms with Gasteiger partial charge in [-0.3, -0.25) is 0 Å². The van der Waals surface area contributed by atoms with Crippen molar-refractivity contribution >= 4 is 22.6 Å². The summed E-state index contributed by atoms with van der Waals surface area (Å²) in [6.07, 6.45) is -10.2. The number of ether oxygens (including phenoxy) is 1. The first-order valence-electron chi connectivity index (χ1n) is 5.51. The van der Waals surface area contributed by atoms with Gasteiger partial charge in [-0.15, -0.1) is 0 Å². The van der Waals surface area contributed by atoms with E-state index in [0.29, 0.717) is 0 Å². The lowest BCUT2D eigenvalue weighted by Crippen LogP contribution is -2.49. The largest absolute Gasteiger partial charge is 0.478 e. The van der Waals surface area contributed by atoms with Gasteiger partial charge in [-0.05, 0) is 12.1 Å². The Labute approximate surface area is 126 Å². The number of carboxylic acid groups (broad SMARTS) is 1. The van der Waals surface area contributed by atoms with E-state index in [1.54, 1.807) is 0 Å². The SMILES string of the molecule is O=C(O)c1ccccc1C(=O)OC(C(F)(F)F)C(F)(F)[SH](=O)=O. The minimum atomic E-state index is -5.90. The Kier molecular flexibility index (Phi) is 5.30. The first-order chi connectivity index (χ1) is 10.4. The molecule has 128 valence electrons. The molecular weight excluding hydrogens is 355 g/mol. The molecule has 0 fully saturated rings. The predicted octanol–water partition coefficient (Wildman–Crippen LogP) is 1.68. The number of rotatable bonds is 5. The van der Waals surface area contributed by atoms with Crippen LogP contribution in [-0.2, 0) is 15.4 Å². The second kappa shape index (κ2) is 6.48. The number of aromatic carboxylic acids is 1. The van der Waals surface area contributed by atoms with Gasteiger partial charge in [0, 0.05) is 0 Å². The molecule has 1 N–H and O–H groups in total. The van der Waals surface area contributed by atoms with Crippen LogP contribution in [0.15, 0.2) is 24.3 Å². The third-order valence-corrected chi connectivity index (χ3v) is 3.18. The fourth-order valence-corrected chi connectivity index (χ4v) is 1.84. The molecule has 0 aliphatic rings. The highest BCUT2D eigenvalue weighted by atomic mass is 32.2. The van der Waals surface area contributed by atoms with Crippen molar-refractivity contribution < 1.29 is 49.8 Å². The average molecular weight is 362 g/mol. The molecule has 1 atom stereocenters. The van der Waals surface area contributed by atoms with E-state index in [-0.39, 0.29) is 0 Å². The number of halogens is 5. The zero-order valence-corrected chi connectivity index (χ0v) is 11.6. The maximum absolute atomic E-state index is 13.1. The number of benzene rings is 1. The number of thiol groups is 1. The molecule has 23 heavy (non-hydrogen) atoms. The van der Waals surface area contributed by atoms with Crippen molar-refractivity contribution in [2.45, 2.75) is 17.5 Å². The van der Waals surface area contributed by atoms with Gasteiger partial charge in [-0.1, -0.05) is 12.1 Å². The third-order valence-electron chi connectivity index (χ3n) is 2.46. The summed E-state index contributed by atoms with van der Waals surface area (Å²) >= 11 is 0. The highest BCUT2D eigenvalue weighted by Gasteiger charge is 2.61. The second-order valence-electron chi connectivity index (χ2n) is 4.02. The lowest BCUT2D eigenvalue weighted by Gasteiger charge is -2.24. The molecule has 6 nitrogen and oxygen atoms in total. The smallest absolute Gasteiger partial charge is 0.432 e. The zero-order chi connectivity index (χ0) is 18.0. The minimum absolute atomic E-state index is 0.731. The summed E-state index contributed by atoms with van der Waals surface area (Å²) in [6.45, 7) is 0.